The van der Waals surface area contributed by atoms with Crippen LogP contribution in [0.25, 0.3) is 0 Å². The molecule has 1 heterocycles. The number of ether oxygens (including phenoxy) is 1. The van der Waals surface area contributed by atoms with Crippen molar-refractivity contribution in [3.05, 3.63) is 29.8 Å². The summed E-state index contributed by atoms with van der Waals surface area (Å²) in [4.78, 5) is 14.0. The summed E-state index contributed by atoms with van der Waals surface area (Å²) in [6.45, 7) is 5.03. The van der Waals surface area contributed by atoms with Crippen LogP contribution in [0.15, 0.2) is 24.3 Å². The molecule has 5 heteroatoms. The van der Waals surface area contributed by atoms with Crippen LogP contribution >= 0.6 is 0 Å². The Hall–Kier alpha value is -1.43. The van der Waals surface area contributed by atoms with Gasteiger partial charge >= 0.3 is 0 Å². The van der Waals surface area contributed by atoms with Gasteiger partial charge in [-0.05, 0) is 19.1 Å². The molecule has 0 saturated carbocycles. The van der Waals surface area contributed by atoms with Gasteiger partial charge in [0.15, 0.2) is 0 Å². The van der Waals surface area contributed by atoms with Crippen molar-refractivity contribution in [2.45, 2.75) is 13.0 Å². The van der Waals surface area contributed by atoms with Crippen LogP contribution in [0.4, 0.5) is 5.69 Å². The molecule has 1 saturated heterocycles. The molecular formula is C14H21N3O2. The number of nitrogens with zero attached hydrogens (tertiary/aromatic N) is 1. The van der Waals surface area contributed by atoms with E-state index in [0.29, 0.717) is 19.7 Å². The number of nitrogens with two attached hydrogens (primary N) is 1. The van der Waals surface area contributed by atoms with Crippen molar-refractivity contribution < 1.29 is 9.53 Å². The number of aryl methyl sites for hydroxylation is 1. The average Bonchev–Trinajstić information content (AvgIpc) is 2.41. The van der Waals surface area contributed by atoms with E-state index >= 15 is 0 Å². The lowest BCUT2D eigenvalue weighted by Crippen LogP contribution is -2.48. The minimum atomic E-state index is 0.00141. The molecule has 1 aliphatic heterocycles. The molecule has 1 aromatic carbocycles. The summed E-state index contributed by atoms with van der Waals surface area (Å²) >= 11 is 0. The first-order valence-corrected chi connectivity index (χ1v) is 6.58. The lowest BCUT2D eigenvalue weighted by atomic mass is 10.2. The van der Waals surface area contributed by atoms with Gasteiger partial charge < -0.3 is 15.8 Å². The molecule has 104 valence electrons. The van der Waals surface area contributed by atoms with Crippen LogP contribution in [0.3, 0.4) is 0 Å². The van der Waals surface area contributed by atoms with E-state index in [1.807, 2.05) is 31.2 Å². The van der Waals surface area contributed by atoms with E-state index in [-0.39, 0.29) is 12.0 Å². The first kappa shape index (κ1) is 14.0. The zero-order valence-corrected chi connectivity index (χ0v) is 11.3. The van der Waals surface area contributed by atoms with Gasteiger partial charge in [0.05, 0.1) is 19.3 Å². The first-order valence-electron chi connectivity index (χ1n) is 6.58. The van der Waals surface area contributed by atoms with Crippen molar-refractivity contribution in [2.24, 2.45) is 5.73 Å². The lowest BCUT2D eigenvalue weighted by molar-refractivity contribution is -0.119. The van der Waals surface area contributed by atoms with E-state index in [0.717, 1.165) is 18.8 Å². The number of hydrogen-bond donors (Lipinski definition) is 2. The molecule has 0 radical (unpaired) electrons. The van der Waals surface area contributed by atoms with Crippen molar-refractivity contribution in [2.75, 3.05) is 38.1 Å². The van der Waals surface area contributed by atoms with Crippen LogP contribution in [-0.4, -0.2) is 49.7 Å². The molecule has 0 spiro atoms. The third kappa shape index (κ3) is 4.31. The Bertz CT molecular complexity index is 419. The molecule has 0 aliphatic carbocycles. The summed E-state index contributed by atoms with van der Waals surface area (Å²) in [5.41, 5.74) is 7.59. The maximum absolute atomic E-state index is 11.9. The fourth-order valence-electron chi connectivity index (χ4n) is 2.11. The zero-order valence-electron chi connectivity index (χ0n) is 11.3. The van der Waals surface area contributed by atoms with Crippen molar-refractivity contribution in [1.82, 2.24) is 4.90 Å². The van der Waals surface area contributed by atoms with Gasteiger partial charge in [-0.1, -0.05) is 17.7 Å². The smallest absolute Gasteiger partial charge is 0.238 e. The Balaban J connectivity index is 1.82. The number of amides is 1. The quantitative estimate of drug-likeness (QED) is 0.834. The third-order valence-corrected chi connectivity index (χ3v) is 3.19. The van der Waals surface area contributed by atoms with Crippen LogP contribution < -0.4 is 11.1 Å². The third-order valence-electron chi connectivity index (χ3n) is 3.19. The van der Waals surface area contributed by atoms with Crippen molar-refractivity contribution in [3.8, 4) is 0 Å². The van der Waals surface area contributed by atoms with Gasteiger partial charge in [-0.25, -0.2) is 0 Å². The molecule has 3 N–H and O–H groups in total. The second-order valence-corrected chi connectivity index (χ2v) is 4.88. The van der Waals surface area contributed by atoms with Gasteiger partial charge in [-0.3, -0.25) is 9.69 Å². The molecule has 1 aliphatic rings. The van der Waals surface area contributed by atoms with E-state index in [4.69, 9.17) is 10.5 Å². The minimum Gasteiger partial charge on any atom is -0.374 e. The van der Waals surface area contributed by atoms with Crippen LogP contribution in [0.1, 0.15) is 5.56 Å². The maximum atomic E-state index is 11.9. The average molecular weight is 263 g/mol. The number of rotatable bonds is 4. The molecule has 1 atom stereocenters. The predicted molar refractivity (Wildman–Crippen MR) is 75.0 cm³/mol. The SMILES string of the molecule is Cc1ccc(NC(=O)CN2CCOC(CN)C2)cc1. The monoisotopic (exact) mass is 263 g/mol. The molecule has 2 rings (SSSR count). The molecule has 1 fully saturated rings. The number of carbonyl (C=O) groups is 1. The summed E-state index contributed by atoms with van der Waals surface area (Å²) in [5, 5.41) is 2.90. The second-order valence-electron chi connectivity index (χ2n) is 4.88. The highest BCUT2D eigenvalue weighted by molar-refractivity contribution is 5.92. The van der Waals surface area contributed by atoms with E-state index in [1.165, 1.54) is 5.56 Å². The van der Waals surface area contributed by atoms with Gasteiger partial charge in [0, 0.05) is 25.3 Å². The van der Waals surface area contributed by atoms with Crippen LogP contribution in [0, 0.1) is 6.92 Å². The highest BCUT2D eigenvalue weighted by atomic mass is 16.5. The predicted octanol–water partition coefficient (Wildman–Crippen LogP) is 0.593. The van der Waals surface area contributed by atoms with E-state index in [1.54, 1.807) is 0 Å². The van der Waals surface area contributed by atoms with Crippen molar-refractivity contribution in [1.29, 1.82) is 0 Å². The van der Waals surface area contributed by atoms with E-state index in [9.17, 15) is 4.79 Å². The number of hydrogen-bond acceptors (Lipinski definition) is 4. The Labute approximate surface area is 113 Å². The normalized spacial score (nSPS) is 20.2. The van der Waals surface area contributed by atoms with E-state index < -0.39 is 0 Å². The molecule has 1 amide bonds. The summed E-state index contributed by atoms with van der Waals surface area (Å²) in [7, 11) is 0. The molecule has 0 aromatic heterocycles. The summed E-state index contributed by atoms with van der Waals surface area (Å²) in [6.07, 6.45) is 0.0425. The zero-order chi connectivity index (χ0) is 13.7. The topological polar surface area (TPSA) is 67.6 Å². The molecule has 1 aromatic rings. The number of nitrogens with one attached hydrogen (secondary N) is 1. The second kappa shape index (κ2) is 6.65. The van der Waals surface area contributed by atoms with Gasteiger partial charge in [0.2, 0.25) is 5.91 Å². The fraction of sp³-hybridized carbons (Fsp3) is 0.500. The standard InChI is InChI=1S/C14H21N3O2/c1-11-2-4-12(5-3-11)16-14(18)10-17-6-7-19-13(8-15)9-17/h2-5,13H,6-10,15H2,1H3,(H,16,18). The minimum absolute atomic E-state index is 0.00141. The molecule has 5 nitrogen and oxygen atoms in total. The Kier molecular flexibility index (Phi) is 4.90. The Morgan fingerprint density at radius 3 is 2.89 bits per heavy atom. The Morgan fingerprint density at radius 2 is 2.21 bits per heavy atom. The van der Waals surface area contributed by atoms with E-state index in [2.05, 4.69) is 10.2 Å². The molecule has 0 bridgehead atoms. The van der Waals surface area contributed by atoms with Crippen molar-refractivity contribution >= 4 is 11.6 Å². The highest BCUT2D eigenvalue weighted by Crippen LogP contribution is 2.09. The maximum Gasteiger partial charge on any atom is 0.238 e. The number of anilines is 1. The van der Waals surface area contributed by atoms with Crippen LogP contribution in [0.2, 0.25) is 0 Å². The summed E-state index contributed by atoms with van der Waals surface area (Å²) in [5.74, 6) is 0.00141. The fourth-order valence-corrected chi connectivity index (χ4v) is 2.11. The largest absolute Gasteiger partial charge is 0.374 e. The highest BCUT2D eigenvalue weighted by Gasteiger charge is 2.20. The number of carbonyl (C=O) groups excluding carboxylic acids is 1. The number of morpholine rings is 1. The Morgan fingerprint density at radius 1 is 1.47 bits per heavy atom. The van der Waals surface area contributed by atoms with Gasteiger partial charge in [0.1, 0.15) is 0 Å². The molecular weight excluding hydrogens is 242 g/mol. The molecule has 19 heavy (non-hydrogen) atoms. The van der Waals surface area contributed by atoms with Gasteiger partial charge in [-0.2, -0.15) is 0 Å². The molecule has 1 unspecified atom stereocenters. The van der Waals surface area contributed by atoms with Gasteiger partial charge in [0.25, 0.3) is 0 Å². The number of benzene rings is 1. The van der Waals surface area contributed by atoms with Crippen LogP contribution in [0.5, 0.6) is 0 Å². The van der Waals surface area contributed by atoms with Crippen LogP contribution in [-0.2, 0) is 9.53 Å². The van der Waals surface area contributed by atoms with Crippen molar-refractivity contribution in [3.63, 3.8) is 0 Å². The van der Waals surface area contributed by atoms with Gasteiger partial charge in [-0.15, -0.1) is 0 Å². The summed E-state index contributed by atoms with van der Waals surface area (Å²) in [6, 6.07) is 7.79. The first-order chi connectivity index (χ1) is 9.17. The summed E-state index contributed by atoms with van der Waals surface area (Å²) < 4.78 is 5.47. The lowest BCUT2D eigenvalue weighted by Gasteiger charge is -2.31.